The molecule has 2 aromatic carbocycles. The Morgan fingerprint density at radius 2 is 1.70 bits per heavy atom. The Morgan fingerprint density at radius 3 is 2.37 bits per heavy atom. The Hall–Kier alpha value is -4.51. The summed E-state index contributed by atoms with van der Waals surface area (Å²) in [4.78, 5) is 54.6. The van der Waals surface area contributed by atoms with Crippen LogP contribution in [0.2, 0.25) is 0 Å². The zero-order valence-corrected chi connectivity index (χ0v) is 26.7. The highest BCUT2D eigenvalue weighted by atomic mass is 16.2. The van der Waals surface area contributed by atoms with Crippen LogP contribution in [-0.2, 0) is 27.9 Å². The number of benzene rings is 2. The maximum atomic E-state index is 13.7. The van der Waals surface area contributed by atoms with Crippen LogP contribution in [0, 0.1) is 5.92 Å². The quantitative estimate of drug-likeness (QED) is 0.257. The number of aromatic nitrogens is 2. The predicted molar refractivity (Wildman–Crippen MR) is 176 cm³/mol. The van der Waals surface area contributed by atoms with Crippen molar-refractivity contribution < 1.29 is 19.2 Å². The number of carbonyl (C=O) groups excluding carboxylic acids is 4. The van der Waals surface area contributed by atoms with Gasteiger partial charge in [0.1, 0.15) is 17.8 Å². The molecule has 0 bridgehead atoms. The first kappa shape index (κ1) is 32.9. The van der Waals surface area contributed by atoms with E-state index in [0.717, 1.165) is 43.2 Å². The van der Waals surface area contributed by atoms with Crippen LogP contribution in [-0.4, -0.2) is 70.0 Å². The van der Waals surface area contributed by atoms with Crippen LogP contribution < -0.4 is 21.3 Å². The van der Waals surface area contributed by atoms with Gasteiger partial charge >= 0.3 is 0 Å². The molecule has 3 atom stereocenters. The summed E-state index contributed by atoms with van der Waals surface area (Å²) in [6.07, 6.45) is 7.10. The van der Waals surface area contributed by atoms with Crippen molar-refractivity contribution in [1.82, 2.24) is 30.6 Å². The fraction of sp³-hybridized carbons (Fsp3) is 0.457. The molecule has 0 spiro atoms. The summed E-state index contributed by atoms with van der Waals surface area (Å²) in [5, 5.41) is 16.5. The van der Waals surface area contributed by atoms with Crippen molar-refractivity contribution in [2.75, 3.05) is 25.0 Å². The fourth-order valence-corrected chi connectivity index (χ4v) is 6.43. The molecule has 2 heterocycles. The first-order valence-corrected chi connectivity index (χ1v) is 16.4. The fourth-order valence-electron chi connectivity index (χ4n) is 6.43. The summed E-state index contributed by atoms with van der Waals surface area (Å²) >= 11 is 0. The van der Waals surface area contributed by atoms with Crippen LogP contribution in [0.15, 0.2) is 66.9 Å². The number of nitrogens with one attached hydrogen (secondary N) is 4. The number of piperazine rings is 1. The number of aryl methyl sites for hydroxylation is 1. The molecule has 1 saturated heterocycles. The maximum Gasteiger partial charge on any atom is 0.270 e. The lowest BCUT2D eigenvalue weighted by Gasteiger charge is -2.36. The van der Waals surface area contributed by atoms with Gasteiger partial charge in [-0.05, 0) is 48.1 Å². The minimum absolute atomic E-state index is 0.0238. The predicted octanol–water partition coefficient (Wildman–Crippen LogP) is 3.35. The SMILES string of the molecule is CCC(=O)NC(Cc1ccc(NC(=O)[C@@H](NC(=O)c2ccnn2C)C2CCCCC2)cc1)C(=O)N1CCNC(c2ccccc2)C1. The highest BCUT2D eigenvalue weighted by Crippen LogP contribution is 2.28. The molecule has 3 aromatic rings. The van der Waals surface area contributed by atoms with Gasteiger partial charge in [0.2, 0.25) is 17.7 Å². The molecule has 11 heteroatoms. The summed E-state index contributed by atoms with van der Waals surface area (Å²) < 4.78 is 1.49. The Balaban J connectivity index is 1.25. The van der Waals surface area contributed by atoms with Gasteiger partial charge in [-0.2, -0.15) is 5.10 Å². The number of hydrogen-bond donors (Lipinski definition) is 4. The van der Waals surface area contributed by atoms with Gasteiger partial charge in [-0.15, -0.1) is 0 Å². The molecular formula is C35H45N7O4. The average Bonchev–Trinajstić information content (AvgIpc) is 3.53. The molecule has 1 aliphatic carbocycles. The zero-order chi connectivity index (χ0) is 32.5. The second kappa shape index (κ2) is 15.7. The average molecular weight is 628 g/mol. The van der Waals surface area contributed by atoms with Gasteiger partial charge in [0.05, 0.1) is 0 Å². The molecule has 244 valence electrons. The minimum Gasteiger partial charge on any atom is -0.344 e. The van der Waals surface area contributed by atoms with E-state index in [1.54, 1.807) is 38.4 Å². The smallest absolute Gasteiger partial charge is 0.270 e. The van der Waals surface area contributed by atoms with E-state index in [2.05, 4.69) is 26.4 Å². The molecule has 5 rings (SSSR count). The summed E-state index contributed by atoms with van der Waals surface area (Å²) in [6.45, 7) is 3.51. The molecule has 4 amide bonds. The van der Waals surface area contributed by atoms with Gasteiger partial charge in [0.25, 0.3) is 5.91 Å². The second-order valence-electron chi connectivity index (χ2n) is 12.3. The van der Waals surface area contributed by atoms with E-state index in [4.69, 9.17) is 0 Å². The Labute approximate surface area is 270 Å². The number of nitrogens with zero attached hydrogens (tertiary/aromatic N) is 3. The minimum atomic E-state index is -0.708. The third-order valence-electron chi connectivity index (χ3n) is 9.05. The van der Waals surface area contributed by atoms with E-state index < -0.39 is 12.1 Å². The van der Waals surface area contributed by atoms with Gasteiger partial charge in [0.15, 0.2) is 0 Å². The third kappa shape index (κ3) is 8.39. The number of carbonyl (C=O) groups is 4. The Morgan fingerprint density at radius 1 is 0.957 bits per heavy atom. The van der Waals surface area contributed by atoms with E-state index in [9.17, 15) is 19.2 Å². The lowest BCUT2D eigenvalue weighted by Crippen LogP contribution is -2.55. The normalized spacial score (nSPS) is 18.3. The molecule has 0 radical (unpaired) electrons. The molecule has 2 fully saturated rings. The van der Waals surface area contributed by atoms with Crippen molar-refractivity contribution in [3.8, 4) is 0 Å². The molecular weight excluding hydrogens is 582 g/mol. The zero-order valence-electron chi connectivity index (χ0n) is 26.7. The van der Waals surface area contributed by atoms with Crippen LogP contribution >= 0.6 is 0 Å². The molecule has 4 N–H and O–H groups in total. The lowest BCUT2D eigenvalue weighted by atomic mass is 9.83. The van der Waals surface area contributed by atoms with Crippen LogP contribution in [0.4, 0.5) is 5.69 Å². The Kier molecular flexibility index (Phi) is 11.2. The molecule has 1 saturated carbocycles. The highest BCUT2D eigenvalue weighted by molar-refractivity contribution is 6.00. The topological polar surface area (TPSA) is 137 Å². The van der Waals surface area contributed by atoms with E-state index >= 15 is 0 Å². The van der Waals surface area contributed by atoms with Crippen molar-refractivity contribution in [3.05, 3.63) is 83.7 Å². The van der Waals surface area contributed by atoms with E-state index in [1.165, 1.54) is 4.68 Å². The first-order chi connectivity index (χ1) is 22.3. The Bertz CT molecular complexity index is 1480. The molecule has 46 heavy (non-hydrogen) atoms. The lowest BCUT2D eigenvalue weighted by molar-refractivity contribution is -0.137. The number of rotatable bonds is 11. The highest BCUT2D eigenvalue weighted by Gasteiger charge is 2.33. The largest absolute Gasteiger partial charge is 0.344 e. The van der Waals surface area contributed by atoms with Gasteiger partial charge < -0.3 is 26.2 Å². The molecule has 1 aliphatic heterocycles. The monoisotopic (exact) mass is 627 g/mol. The van der Waals surface area contributed by atoms with Crippen LogP contribution in [0.25, 0.3) is 0 Å². The van der Waals surface area contributed by atoms with E-state index in [1.807, 2.05) is 47.4 Å². The molecule has 1 aromatic heterocycles. The number of amides is 4. The van der Waals surface area contributed by atoms with E-state index in [0.29, 0.717) is 37.4 Å². The standard InChI is InChI=1S/C35H45N7O4/c1-3-31(43)39-28(35(46)42-21-20-36-29(23-42)25-10-6-4-7-11-25)22-24-14-16-27(17-15-24)38-34(45)32(26-12-8-5-9-13-26)40-33(44)30-18-19-37-41(30)2/h4,6-7,10-11,14-19,26,28-29,32,36H,3,5,8-9,12-13,20-23H2,1-2H3,(H,38,45)(H,39,43)(H,40,44)/t28?,29?,32-/m0/s1. The maximum absolute atomic E-state index is 13.7. The van der Waals surface area contributed by atoms with Gasteiger partial charge in [-0.1, -0.05) is 68.7 Å². The summed E-state index contributed by atoms with van der Waals surface area (Å²) in [7, 11) is 1.70. The van der Waals surface area contributed by atoms with E-state index in [-0.39, 0.29) is 42.0 Å². The van der Waals surface area contributed by atoms with Gasteiger partial charge in [-0.3, -0.25) is 23.9 Å². The van der Waals surface area contributed by atoms with Crippen molar-refractivity contribution in [2.24, 2.45) is 13.0 Å². The first-order valence-electron chi connectivity index (χ1n) is 16.4. The molecule has 11 nitrogen and oxygen atoms in total. The summed E-state index contributed by atoms with van der Waals surface area (Å²) in [5.41, 5.74) is 2.97. The van der Waals surface area contributed by atoms with Crippen molar-refractivity contribution >= 4 is 29.3 Å². The summed E-state index contributed by atoms with van der Waals surface area (Å²) in [6, 6.07) is 17.6. The second-order valence-corrected chi connectivity index (χ2v) is 12.3. The van der Waals surface area contributed by atoms with Gasteiger partial charge in [0, 0.05) is 57.4 Å². The summed E-state index contributed by atoms with van der Waals surface area (Å²) in [5.74, 6) is -0.832. The number of hydrogen-bond acceptors (Lipinski definition) is 6. The third-order valence-corrected chi connectivity index (χ3v) is 9.05. The molecule has 2 unspecified atom stereocenters. The van der Waals surface area contributed by atoms with Crippen molar-refractivity contribution in [3.63, 3.8) is 0 Å². The van der Waals surface area contributed by atoms with Crippen molar-refractivity contribution in [1.29, 1.82) is 0 Å². The molecule has 2 aliphatic rings. The van der Waals surface area contributed by atoms with Crippen LogP contribution in [0.3, 0.4) is 0 Å². The van der Waals surface area contributed by atoms with Gasteiger partial charge in [-0.25, -0.2) is 0 Å². The number of anilines is 1. The van der Waals surface area contributed by atoms with Crippen molar-refractivity contribution in [2.45, 2.75) is 70.0 Å². The van der Waals surface area contributed by atoms with Crippen LogP contribution in [0.1, 0.15) is 73.1 Å². The van der Waals surface area contributed by atoms with Crippen LogP contribution in [0.5, 0.6) is 0 Å².